The fourth-order valence-corrected chi connectivity index (χ4v) is 18.2. The zero-order valence-corrected chi connectivity index (χ0v) is 77.5. The van der Waals surface area contributed by atoms with Gasteiger partial charge in [0.05, 0.1) is 135 Å². The Labute approximate surface area is 758 Å². The molecular weight excluding hydrogens is 1660 g/mol. The van der Waals surface area contributed by atoms with Crippen LogP contribution in [0.1, 0.15) is 181 Å². The first-order chi connectivity index (χ1) is 62.3. The summed E-state index contributed by atoms with van der Waals surface area (Å²) in [6.07, 6.45) is 20.2. The number of imidazole rings is 1. The summed E-state index contributed by atoms with van der Waals surface area (Å²) in [5, 5.41) is 43.8. The number of piperidine rings is 1. The Morgan fingerprint density at radius 3 is 2.19 bits per heavy atom. The van der Waals surface area contributed by atoms with Crippen LogP contribution in [-0.2, 0) is 103 Å². The molecule has 2 bridgehead atoms. The summed E-state index contributed by atoms with van der Waals surface area (Å²) in [7, 11) is 6.31. The number of anilines is 1. The Bertz CT molecular complexity index is 4500. The van der Waals surface area contributed by atoms with Crippen molar-refractivity contribution in [2.45, 2.75) is 231 Å². The summed E-state index contributed by atoms with van der Waals surface area (Å²) in [6.45, 7) is 19.5. The number of ketones is 3. The van der Waals surface area contributed by atoms with E-state index in [1.54, 1.807) is 57.4 Å². The molecule has 2 saturated carbocycles. The largest absolute Gasteiger partial charge is 0.495 e. The van der Waals surface area contributed by atoms with Crippen LogP contribution in [0.3, 0.4) is 0 Å². The van der Waals surface area contributed by atoms with E-state index in [0.29, 0.717) is 199 Å². The van der Waals surface area contributed by atoms with Gasteiger partial charge in [0.15, 0.2) is 11.6 Å². The van der Waals surface area contributed by atoms with Crippen molar-refractivity contribution in [1.82, 2.24) is 55.1 Å². The van der Waals surface area contributed by atoms with Crippen molar-refractivity contribution >= 4 is 63.3 Å². The number of para-hydroxylation sites is 1. The third-order valence-corrected chi connectivity index (χ3v) is 25.9. The number of carbonyl (C=O) groups excluding carboxylic acids is 7. The van der Waals surface area contributed by atoms with Gasteiger partial charge in [0.2, 0.25) is 17.6 Å². The number of carbonyl (C=O) groups is 7. The van der Waals surface area contributed by atoms with Gasteiger partial charge in [-0.2, -0.15) is 5.10 Å². The number of nitrogens with one attached hydrogen (secondary N) is 3. The van der Waals surface area contributed by atoms with Crippen LogP contribution in [0, 0.1) is 47.3 Å². The number of Topliss-reactive ketones (excluding diaryl/α,β-unsaturated/α-hetero) is 3. The molecule has 3 amide bonds. The van der Waals surface area contributed by atoms with E-state index in [0.717, 1.165) is 71.5 Å². The second-order valence-electron chi connectivity index (χ2n) is 35.4. The Morgan fingerprint density at radius 2 is 1.47 bits per heavy atom. The highest BCUT2D eigenvalue weighted by atomic mass is 16.6. The Hall–Kier alpha value is -8.62. The van der Waals surface area contributed by atoms with Crippen molar-refractivity contribution < 1.29 is 105 Å². The fraction of sp³-hybridized carbons (Fsp3) is 0.684. The molecule has 2 saturated heterocycles. The molecule has 4 fully saturated rings. The molecule has 2 aliphatic carbocycles. The van der Waals surface area contributed by atoms with Gasteiger partial charge in [-0.3, -0.25) is 28.8 Å². The number of esters is 1. The average Bonchev–Trinajstić information content (AvgIpc) is 1.61. The highest BCUT2D eigenvalue weighted by Crippen LogP contribution is 2.42. The van der Waals surface area contributed by atoms with Crippen molar-refractivity contribution in [2.24, 2.45) is 47.3 Å². The number of hydrogen-bond acceptors (Lipinski definition) is 28. The molecule has 129 heavy (non-hydrogen) atoms. The van der Waals surface area contributed by atoms with Crippen LogP contribution in [0.25, 0.3) is 27.8 Å². The highest BCUT2D eigenvalue weighted by molar-refractivity contribution is 6.39. The number of aryl methyl sites for hydroxylation is 1. The van der Waals surface area contributed by atoms with E-state index in [1.807, 2.05) is 88.5 Å². The number of amides is 3. The van der Waals surface area contributed by atoms with Crippen LogP contribution in [0.2, 0.25) is 0 Å². The fourth-order valence-electron chi connectivity index (χ4n) is 18.2. The van der Waals surface area contributed by atoms with E-state index in [-0.39, 0.29) is 97.4 Å². The first-order valence-electron chi connectivity index (χ1n) is 46.4. The monoisotopic (exact) mass is 1800 g/mol. The summed E-state index contributed by atoms with van der Waals surface area (Å²) in [5.41, 5.74) is 11.5. The zero-order chi connectivity index (χ0) is 92.4. The van der Waals surface area contributed by atoms with Gasteiger partial charge in [-0.05, 0) is 158 Å². The molecule has 0 radical (unpaired) electrons. The summed E-state index contributed by atoms with van der Waals surface area (Å²) in [5.74, 6) is -6.32. The van der Waals surface area contributed by atoms with Crippen LogP contribution in [0.15, 0.2) is 84.4 Å². The lowest BCUT2D eigenvalue weighted by Gasteiger charge is -2.42. The van der Waals surface area contributed by atoms with Crippen LogP contribution in [0.4, 0.5) is 5.82 Å². The number of aliphatic hydroxyl groups excluding tert-OH is 1. The van der Waals surface area contributed by atoms with Crippen molar-refractivity contribution in [2.75, 3.05) is 146 Å². The Morgan fingerprint density at radius 1 is 0.760 bits per heavy atom. The molecule has 5 aliphatic rings. The van der Waals surface area contributed by atoms with Gasteiger partial charge < -0.3 is 98.0 Å². The van der Waals surface area contributed by atoms with Crippen molar-refractivity contribution in [1.29, 1.82) is 0 Å². The molecule has 4 aromatic heterocycles. The number of H-pyrrole nitrogens is 1. The average molecular weight is 1800 g/mol. The standard InChI is InChI=1S/C95H142N12O22/c1-61-19-13-12-14-20-62(2)79(118-9)56-74-32-25-67(7)95(116,129-74)89(112)93(114)106-36-16-15-23-76(106)94(115)128-80(57-77(108)63(3)52-66(6)87(111)88(120-11)86(110)65(5)51-61)64(4)53-68-26-27-72(81(54-68)119-10)59-127-38-18-22-73-58-105(104-103-73)37-42-124-46-48-126-50-49-125-47-43-121-39-33-82(109)97-34-40-122-44-45-123-41-35-98-92(113)70-30-28-69(29-31-70)91-102-84(85-90(96)99-60-100-107(85)91)75-55-71-21-17-24-78(117-8)83(71)101-75/h12-14,17,19-21,24,52,55,58,60-61,63-65,67-70,72,74,76,79-81,87-88,101,111,116H,15-16,18,22-23,25-51,53-54,56-57,59H2,1-11H3,(H,97,109)(H,98,113)(H2,96,99,100)/b14-12+,19-13+,62-20+,66-52+/t61-,63-,64-,65-,67-,68+,69?,70?,72+,74+,76+,79+,80+,81-,87-,88+,95-/m1/s1. The molecule has 714 valence electrons. The lowest BCUT2D eigenvalue weighted by atomic mass is 9.75. The number of aromatic nitrogens is 8. The number of fused-ring (bicyclic) bond motifs is 5. The predicted octanol–water partition coefficient (Wildman–Crippen LogP) is 9.55. The summed E-state index contributed by atoms with van der Waals surface area (Å²) in [6, 6.07) is 6.70. The van der Waals surface area contributed by atoms with Gasteiger partial charge in [-0.25, -0.2) is 24.0 Å². The molecule has 7 heterocycles. The minimum Gasteiger partial charge on any atom is -0.495 e. The number of nitrogens with zero attached hydrogens (tertiary/aromatic N) is 8. The number of hydrogen-bond donors (Lipinski definition) is 6. The first kappa shape index (κ1) is 102. The molecule has 3 aliphatic heterocycles. The van der Waals surface area contributed by atoms with E-state index >= 15 is 0 Å². The normalized spacial score (nSPS) is 28.1. The molecule has 7 N–H and O–H groups in total. The number of nitrogen functional groups attached to an aromatic ring is 1. The number of methoxy groups -OCH3 is 4. The SMILES string of the molecule is COc1cccc2cc(-c3nc(C4CCC(C(=O)NCCOCCOCCNC(=O)CCOCCOCCOCCOCCn5cc(CCCOC[C@@H]6CC[C@@H](C[C@@H](C)[C@@H]7CC(=O)[C@H](C)/C=C(\C)[C@@H](O)[C@@H](OC)C(=O)[C@H](C)C[C@H](C)/C=C/C=C/C=C(\C)[C@@H](OC)C[C@@H]8CC[C@@H](C)[C@@](O)(O8)C(=O)C(=O)N8CCCC[C@H]8C(=O)O7)C[C@H]6OC)nn5)CC4)n4ncnc(N)c34)[nH]c12. The van der Waals surface area contributed by atoms with Gasteiger partial charge in [-0.15, -0.1) is 5.10 Å². The van der Waals surface area contributed by atoms with Crippen molar-refractivity contribution in [3.8, 4) is 17.1 Å². The zero-order valence-electron chi connectivity index (χ0n) is 77.5. The molecule has 0 unspecified atom stereocenters. The maximum absolute atomic E-state index is 14.8. The second kappa shape index (κ2) is 52.6. The number of benzene rings is 1. The van der Waals surface area contributed by atoms with Gasteiger partial charge in [0, 0.05) is 114 Å². The molecule has 15 atom stereocenters. The quantitative estimate of drug-likeness (QED) is 0.00919. The van der Waals surface area contributed by atoms with E-state index in [2.05, 4.69) is 36.0 Å². The van der Waals surface area contributed by atoms with Gasteiger partial charge in [-0.1, -0.05) is 88.4 Å². The number of allylic oxidation sites excluding steroid dienone is 6. The van der Waals surface area contributed by atoms with Crippen molar-refractivity contribution in [3.63, 3.8) is 0 Å². The molecule has 10 rings (SSSR count). The molecular formula is C95H142N12O22. The Kier molecular flexibility index (Phi) is 41.8. The Balaban J connectivity index is 0.554. The van der Waals surface area contributed by atoms with Crippen LogP contribution in [-0.4, -0.2) is 285 Å². The first-order valence-corrected chi connectivity index (χ1v) is 46.4. The molecule has 1 aromatic carbocycles. The maximum atomic E-state index is 14.8. The van der Waals surface area contributed by atoms with E-state index in [4.69, 9.17) is 72.3 Å². The molecule has 34 heteroatoms. The highest BCUT2D eigenvalue weighted by Gasteiger charge is 2.53. The molecule has 0 spiro atoms. The number of rotatable bonds is 40. The minimum atomic E-state index is -2.46. The van der Waals surface area contributed by atoms with E-state index in [1.165, 1.54) is 18.3 Å². The van der Waals surface area contributed by atoms with Gasteiger partial charge >= 0.3 is 5.97 Å². The maximum Gasteiger partial charge on any atom is 0.329 e. The lowest BCUT2D eigenvalue weighted by molar-refractivity contribution is -0.265. The molecule has 5 aromatic rings. The van der Waals surface area contributed by atoms with Crippen LogP contribution in [0.5, 0.6) is 5.75 Å². The third kappa shape index (κ3) is 29.9. The van der Waals surface area contributed by atoms with E-state index < -0.39 is 77.8 Å². The minimum absolute atomic E-state index is 0.00626. The topological polar surface area (TPSA) is 423 Å². The van der Waals surface area contributed by atoms with Crippen molar-refractivity contribution in [3.05, 3.63) is 95.9 Å². The number of ether oxygens (including phenoxy) is 13. The number of cyclic esters (lactones) is 1. The second-order valence-corrected chi connectivity index (χ2v) is 35.4. The van der Waals surface area contributed by atoms with Crippen LogP contribution >= 0.6 is 0 Å². The summed E-state index contributed by atoms with van der Waals surface area (Å²) >= 11 is 0. The van der Waals surface area contributed by atoms with Gasteiger partial charge in [0.25, 0.3) is 11.7 Å². The third-order valence-electron chi connectivity index (χ3n) is 25.9. The predicted molar refractivity (Wildman–Crippen MR) is 481 cm³/mol. The van der Waals surface area contributed by atoms with Crippen LogP contribution < -0.4 is 21.1 Å². The molecule has 34 nitrogen and oxygen atoms in total. The van der Waals surface area contributed by atoms with E-state index in [9.17, 15) is 43.8 Å². The summed E-state index contributed by atoms with van der Waals surface area (Å²) < 4.78 is 79.7. The smallest absolute Gasteiger partial charge is 0.329 e. The lowest BCUT2D eigenvalue weighted by Crippen LogP contribution is -2.61. The number of aliphatic hydroxyl groups is 2. The summed E-state index contributed by atoms with van der Waals surface area (Å²) in [4.78, 5) is 112. The number of aromatic amines is 1. The number of nitrogens with two attached hydrogens (primary N) is 1. The van der Waals surface area contributed by atoms with Gasteiger partial charge in [0.1, 0.15) is 59.2 Å².